The third-order valence-electron chi connectivity index (χ3n) is 5.83. The van der Waals surface area contributed by atoms with Gasteiger partial charge >= 0.3 is 0 Å². The molecule has 6 nitrogen and oxygen atoms in total. The number of aliphatic hydroxyl groups is 1. The predicted octanol–water partition coefficient (Wildman–Crippen LogP) is 5.07. The zero-order chi connectivity index (χ0) is 25.1. The molecule has 0 bridgehead atoms. The number of carbonyl (C=O) groups excluding carboxylic acids is 1. The Bertz CT molecular complexity index is 1320. The molecule has 1 aromatic heterocycles. The Labute approximate surface area is 202 Å². The minimum atomic E-state index is -0.917. The Kier molecular flexibility index (Phi) is 7.02. The number of aliphatic hydroxyl groups excluding tert-OH is 1. The molecule has 1 aliphatic carbocycles. The summed E-state index contributed by atoms with van der Waals surface area (Å²) in [5, 5.41) is 16.1. The summed E-state index contributed by atoms with van der Waals surface area (Å²) in [6.45, 7) is 5.08. The highest BCUT2D eigenvalue weighted by atomic mass is 19.1. The lowest BCUT2D eigenvalue weighted by Gasteiger charge is -2.22. The first kappa shape index (κ1) is 24.2. The van der Waals surface area contributed by atoms with Gasteiger partial charge in [0, 0.05) is 17.5 Å². The van der Waals surface area contributed by atoms with E-state index in [1.807, 2.05) is 13.0 Å². The van der Waals surface area contributed by atoms with Crippen molar-refractivity contribution in [1.29, 1.82) is 0 Å². The molecule has 35 heavy (non-hydrogen) atoms. The Morgan fingerprint density at radius 3 is 2.51 bits per heavy atom. The maximum Gasteiger partial charge on any atom is 0.248 e. The van der Waals surface area contributed by atoms with Crippen molar-refractivity contribution >= 4 is 23.1 Å². The first-order valence-corrected chi connectivity index (χ1v) is 11.2. The second-order valence-electron chi connectivity index (χ2n) is 8.59. The smallest absolute Gasteiger partial charge is 0.248 e. The molecular weight excluding hydrogens is 450 g/mol. The number of nitrogens with zero attached hydrogens (tertiary/aromatic N) is 2. The summed E-state index contributed by atoms with van der Waals surface area (Å²) in [7, 11) is 0. The van der Waals surface area contributed by atoms with Crippen molar-refractivity contribution < 1.29 is 18.7 Å². The second-order valence-corrected chi connectivity index (χ2v) is 8.59. The van der Waals surface area contributed by atoms with E-state index >= 15 is 0 Å². The molecule has 2 atom stereocenters. The van der Waals surface area contributed by atoms with E-state index in [1.54, 1.807) is 50.4 Å². The van der Waals surface area contributed by atoms with Gasteiger partial charge in [0.25, 0.3) is 0 Å². The molecular formula is C27H26F2N4O2. The van der Waals surface area contributed by atoms with E-state index in [0.717, 1.165) is 11.1 Å². The summed E-state index contributed by atoms with van der Waals surface area (Å²) in [5.41, 5.74) is 4.40. The molecule has 1 heterocycles. The van der Waals surface area contributed by atoms with Gasteiger partial charge in [-0.25, -0.2) is 18.7 Å². The number of aryl methyl sites for hydroxylation is 2. The molecule has 0 spiro atoms. The molecule has 2 aromatic carbocycles. The SMILES string of the molecule is Cc1ccc(C(NC(=O)C2=CC(c3nc(Nc4ccc(F)cc4)ncc3C)=CC2)C(C)O)cc1F. The number of halogens is 2. The average molecular weight is 477 g/mol. The molecule has 1 amide bonds. The van der Waals surface area contributed by atoms with Crippen molar-refractivity contribution in [3.63, 3.8) is 0 Å². The molecule has 0 aliphatic heterocycles. The Hall–Kier alpha value is -3.91. The molecule has 8 heteroatoms. The number of anilines is 2. The highest BCUT2D eigenvalue weighted by molar-refractivity contribution is 5.99. The lowest BCUT2D eigenvalue weighted by Crippen LogP contribution is -2.35. The standard InChI is InChI=1S/C27H26F2N4O2/c1-15-4-5-19(13-23(15)29)25(17(3)34)32-26(35)20-7-6-18(12-20)24-16(2)14-30-27(33-24)31-22-10-8-21(28)9-11-22/h4-6,8-14,17,25,34H,7H2,1-3H3,(H,32,35)(H,30,31,33). The topological polar surface area (TPSA) is 87.1 Å². The summed E-state index contributed by atoms with van der Waals surface area (Å²) in [6, 6.07) is 9.77. The summed E-state index contributed by atoms with van der Waals surface area (Å²) in [4.78, 5) is 21.9. The van der Waals surface area contributed by atoms with Crippen molar-refractivity contribution in [3.8, 4) is 0 Å². The lowest BCUT2D eigenvalue weighted by atomic mass is 10.00. The molecule has 4 rings (SSSR count). The highest BCUT2D eigenvalue weighted by Crippen LogP contribution is 2.29. The molecule has 180 valence electrons. The Balaban J connectivity index is 1.51. The Morgan fingerprint density at radius 2 is 1.83 bits per heavy atom. The van der Waals surface area contributed by atoms with Crippen molar-refractivity contribution in [2.24, 2.45) is 0 Å². The fourth-order valence-electron chi connectivity index (χ4n) is 3.82. The minimum Gasteiger partial charge on any atom is -0.391 e. The Morgan fingerprint density at radius 1 is 1.09 bits per heavy atom. The van der Waals surface area contributed by atoms with Crippen LogP contribution in [-0.2, 0) is 4.79 Å². The number of nitrogens with one attached hydrogen (secondary N) is 2. The molecule has 3 aromatic rings. The van der Waals surface area contributed by atoms with Crippen molar-refractivity contribution in [3.05, 3.63) is 100 Å². The summed E-state index contributed by atoms with van der Waals surface area (Å²) < 4.78 is 27.2. The summed E-state index contributed by atoms with van der Waals surface area (Å²) in [5.74, 6) is -0.728. The molecule has 0 fully saturated rings. The third kappa shape index (κ3) is 5.60. The zero-order valence-electron chi connectivity index (χ0n) is 19.6. The quantitative estimate of drug-likeness (QED) is 0.443. The van der Waals surface area contributed by atoms with E-state index in [-0.39, 0.29) is 11.7 Å². The maximum absolute atomic E-state index is 14.1. The molecule has 1 aliphatic rings. The second kappa shape index (κ2) is 10.1. The number of aromatic nitrogens is 2. The van der Waals surface area contributed by atoms with Crippen LogP contribution in [0.5, 0.6) is 0 Å². The van der Waals surface area contributed by atoms with E-state index < -0.39 is 18.0 Å². The van der Waals surface area contributed by atoms with Gasteiger partial charge in [-0.15, -0.1) is 0 Å². The van der Waals surface area contributed by atoms with Crippen LogP contribution in [0.1, 0.15) is 41.8 Å². The van der Waals surface area contributed by atoms with Crippen LogP contribution in [0.4, 0.5) is 20.4 Å². The maximum atomic E-state index is 14.1. The number of rotatable bonds is 7. The van der Waals surface area contributed by atoms with Gasteiger partial charge in [-0.1, -0.05) is 18.2 Å². The molecule has 0 radical (unpaired) electrons. The number of carbonyl (C=O) groups is 1. The van der Waals surface area contributed by atoms with Crippen LogP contribution in [0.15, 0.2) is 66.4 Å². The van der Waals surface area contributed by atoms with Crippen LogP contribution < -0.4 is 10.6 Å². The number of amides is 1. The van der Waals surface area contributed by atoms with Crippen LogP contribution in [0.25, 0.3) is 5.57 Å². The van der Waals surface area contributed by atoms with E-state index in [0.29, 0.717) is 40.5 Å². The van der Waals surface area contributed by atoms with Gasteiger partial charge in [-0.2, -0.15) is 0 Å². The van der Waals surface area contributed by atoms with E-state index in [1.165, 1.54) is 18.2 Å². The highest BCUT2D eigenvalue weighted by Gasteiger charge is 2.24. The zero-order valence-corrected chi connectivity index (χ0v) is 19.6. The monoisotopic (exact) mass is 476 g/mol. The van der Waals surface area contributed by atoms with Gasteiger partial charge in [0.05, 0.1) is 17.8 Å². The van der Waals surface area contributed by atoms with E-state index in [4.69, 9.17) is 0 Å². The van der Waals surface area contributed by atoms with Gasteiger partial charge in [-0.05, 0) is 85.9 Å². The number of allylic oxidation sites excluding steroid dienone is 3. The van der Waals surface area contributed by atoms with Gasteiger partial charge < -0.3 is 15.7 Å². The van der Waals surface area contributed by atoms with Crippen LogP contribution in [0.3, 0.4) is 0 Å². The van der Waals surface area contributed by atoms with Gasteiger partial charge in [0.2, 0.25) is 11.9 Å². The number of hydrogen-bond donors (Lipinski definition) is 3. The van der Waals surface area contributed by atoms with E-state index in [9.17, 15) is 18.7 Å². The normalized spacial score (nSPS) is 14.7. The number of hydrogen-bond acceptors (Lipinski definition) is 5. The first-order chi connectivity index (χ1) is 16.7. The molecule has 3 N–H and O–H groups in total. The summed E-state index contributed by atoms with van der Waals surface area (Å²) >= 11 is 0. The van der Waals surface area contributed by atoms with E-state index in [2.05, 4.69) is 20.6 Å². The molecule has 0 saturated heterocycles. The minimum absolute atomic E-state index is 0.335. The fraction of sp³-hybridized carbons (Fsp3) is 0.222. The fourth-order valence-corrected chi connectivity index (χ4v) is 3.82. The van der Waals surface area contributed by atoms with Crippen LogP contribution in [0.2, 0.25) is 0 Å². The van der Waals surface area contributed by atoms with Crippen LogP contribution in [0, 0.1) is 25.5 Å². The average Bonchev–Trinajstić information content (AvgIpc) is 3.32. The first-order valence-electron chi connectivity index (χ1n) is 11.2. The van der Waals surface area contributed by atoms with Crippen molar-refractivity contribution in [2.75, 3.05) is 5.32 Å². The third-order valence-corrected chi connectivity index (χ3v) is 5.83. The van der Waals surface area contributed by atoms with Gasteiger partial charge in [-0.3, -0.25) is 4.79 Å². The van der Waals surface area contributed by atoms with Crippen LogP contribution >= 0.6 is 0 Å². The van der Waals surface area contributed by atoms with Crippen molar-refractivity contribution in [2.45, 2.75) is 39.3 Å². The van der Waals surface area contributed by atoms with Gasteiger partial charge in [0.1, 0.15) is 11.6 Å². The predicted molar refractivity (Wildman–Crippen MR) is 131 cm³/mol. The lowest BCUT2D eigenvalue weighted by molar-refractivity contribution is -0.119. The largest absolute Gasteiger partial charge is 0.391 e. The van der Waals surface area contributed by atoms with Crippen LogP contribution in [-0.4, -0.2) is 27.1 Å². The summed E-state index contributed by atoms with van der Waals surface area (Å²) in [6.07, 6.45) is 4.80. The molecule has 0 saturated carbocycles. The van der Waals surface area contributed by atoms with Gasteiger partial charge in [0.15, 0.2) is 0 Å². The molecule has 2 unspecified atom stereocenters. The van der Waals surface area contributed by atoms with Crippen molar-refractivity contribution in [1.82, 2.24) is 15.3 Å². The number of benzene rings is 2.